The van der Waals surface area contributed by atoms with Gasteiger partial charge in [-0.25, -0.2) is 4.39 Å². The van der Waals surface area contributed by atoms with E-state index in [2.05, 4.69) is 5.32 Å². The zero-order valence-electron chi connectivity index (χ0n) is 14.5. The highest BCUT2D eigenvalue weighted by atomic mass is 19.1. The minimum Gasteiger partial charge on any atom is -0.426 e. The molecule has 3 aromatic rings. The zero-order chi connectivity index (χ0) is 19.1. The predicted molar refractivity (Wildman–Crippen MR) is 99.8 cm³/mol. The molecule has 0 unspecified atom stereocenters. The molecule has 0 heterocycles. The van der Waals surface area contributed by atoms with Gasteiger partial charge in [-0.1, -0.05) is 54.6 Å². The van der Waals surface area contributed by atoms with E-state index in [4.69, 9.17) is 4.74 Å². The fourth-order valence-electron chi connectivity index (χ4n) is 2.55. The van der Waals surface area contributed by atoms with Gasteiger partial charge in [0.2, 0.25) is 0 Å². The van der Waals surface area contributed by atoms with Crippen molar-refractivity contribution in [2.24, 2.45) is 0 Å². The van der Waals surface area contributed by atoms with Crippen LogP contribution in [-0.2, 0) is 17.8 Å². The van der Waals surface area contributed by atoms with Crippen LogP contribution >= 0.6 is 0 Å². The van der Waals surface area contributed by atoms with Gasteiger partial charge in [-0.15, -0.1) is 0 Å². The van der Waals surface area contributed by atoms with Crippen molar-refractivity contribution in [1.82, 2.24) is 5.32 Å². The number of esters is 1. The normalized spacial score (nSPS) is 10.3. The summed E-state index contributed by atoms with van der Waals surface area (Å²) in [5.41, 5.74) is 1.62. The Balaban J connectivity index is 1.60. The van der Waals surface area contributed by atoms with E-state index in [1.165, 1.54) is 18.2 Å². The minimum absolute atomic E-state index is 0.183. The maximum absolute atomic E-state index is 13.6. The van der Waals surface area contributed by atoms with Gasteiger partial charge in [-0.05, 0) is 35.4 Å². The number of nitrogens with one attached hydrogen (secondary N) is 1. The van der Waals surface area contributed by atoms with E-state index in [9.17, 15) is 14.0 Å². The second-order valence-electron chi connectivity index (χ2n) is 5.94. The number of hydrogen-bond acceptors (Lipinski definition) is 3. The van der Waals surface area contributed by atoms with E-state index >= 15 is 0 Å². The minimum atomic E-state index is -0.595. The monoisotopic (exact) mass is 363 g/mol. The van der Waals surface area contributed by atoms with Crippen molar-refractivity contribution in [2.75, 3.05) is 0 Å². The first kappa shape index (κ1) is 18.3. The van der Waals surface area contributed by atoms with Gasteiger partial charge in [0.05, 0.1) is 6.42 Å². The smallest absolute Gasteiger partial charge is 0.315 e. The molecule has 0 aromatic heterocycles. The van der Waals surface area contributed by atoms with Crippen LogP contribution in [-0.4, -0.2) is 11.9 Å². The number of carbonyl (C=O) groups is 2. The molecule has 0 saturated carbocycles. The van der Waals surface area contributed by atoms with E-state index in [-0.39, 0.29) is 23.6 Å². The highest BCUT2D eigenvalue weighted by Crippen LogP contribution is 2.15. The fraction of sp³-hybridized carbons (Fsp3) is 0.0909. The summed E-state index contributed by atoms with van der Waals surface area (Å²) in [6, 6.07) is 21.9. The van der Waals surface area contributed by atoms with Crippen molar-refractivity contribution in [3.05, 3.63) is 101 Å². The lowest BCUT2D eigenvalue weighted by Gasteiger charge is -2.08. The molecule has 27 heavy (non-hydrogen) atoms. The van der Waals surface area contributed by atoms with Crippen LogP contribution in [0.1, 0.15) is 21.5 Å². The summed E-state index contributed by atoms with van der Waals surface area (Å²) in [6.45, 7) is 0.400. The Hall–Kier alpha value is -3.47. The Kier molecular flexibility index (Phi) is 5.94. The third-order valence-corrected chi connectivity index (χ3v) is 3.92. The first-order valence-corrected chi connectivity index (χ1v) is 8.48. The number of ether oxygens (including phenoxy) is 1. The van der Waals surface area contributed by atoms with Crippen molar-refractivity contribution in [3.63, 3.8) is 0 Å². The third kappa shape index (κ3) is 5.25. The van der Waals surface area contributed by atoms with Crippen LogP contribution in [0.15, 0.2) is 78.9 Å². The molecule has 0 aliphatic heterocycles. The molecular formula is C22H18FNO3. The molecule has 0 atom stereocenters. The first-order valence-electron chi connectivity index (χ1n) is 8.48. The number of benzene rings is 3. The summed E-state index contributed by atoms with van der Waals surface area (Å²) in [4.78, 5) is 24.3. The lowest BCUT2D eigenvalue weighted by molar-refractivity contribution is -0.133. The summed E-state index contributed by atoms with van der Waals surface area (Å²) in [5, 5.41) is 2.81. The summed E-state index contributed by atoms with van der Waals surface area (Å²) >= 11 is 0. The van der Waals surface area contributed by atoms with Crippen LogP contribution in [0.2, 0.25) is 0 Å². The van der Waals surface area contributed by atoms with Crippen LogP contribution in [0, 0.1) is 5.82 Å². The molecule has 0 radical (unpaired) electrons. The second-order valence-corrected chi connectivity index (χ2v) is 5.94. The van der Waals surface area contributed by atoms with Gasteiger partial charge in [0.1, 0.15) is 11.6 Å². The maximum Gasteiger partial charge on any atom is 0.315 e. The quantitative estimate of drug-likeness (QED) is 0.534. The molecule has 0 aliphatic rings. The third-order valence-electron chi connectivity index (χ3n) is 3.92. The molecule has 0 spiro atoms. The summed E-state index contributed by atoms with van der Waals surface area (Å²) in [5.74, 6) is -1.08. The number of carbonyl (C=O) groups excluding carboxylic acids is 2. The highest BCUT2D eigenvalue weighted by molar-refractivity contribution is 5.94. The van der Waals surface area contributed by atoms with Crippen LogP contribution in [0.25, 0.3) is 0 Å². The number of amides is 1. The van der Waals surface area contributed by atoms with Crippen LogP contribution in [0.3, 0.4) is 0 Å². The Morgan fingerprint density at radius 1 is 0.889 bits per heavy atom. The van der Waals surface area contributed by atoms with Crippen LogP contribution < -0.4 is 10.1 Å². The molecule has 0 saturated heterocycles. The number of hydrogen-bond donors (Lipinski definition) is 1. The van der Waals surface area contributed by atoms with Gasteiger partial charge in [-0.3, -0.25) is 9.59 Å². The van der Waals surface area contributed by atoms with Crippen molar-refractivity contribution >= 4 is 11.9 Å². The lowest BCUT2D eigenvalue weighted by atomic mass is 10.1. The molecule has 136 valence electrons. The zero-order valence-corrected chi connectivity index (χ0v) is 14.5. The molecule has 1 amide bonds. The molecule has 0 aliphatic carbocycles. The van der Waals surface area contributed by atoms with E-state index in [0.29, 0.717) is 12.1 Å². The van der Waals surface area contributed by atoms with Crippen molar-refractivity contribution in [2.45, 2.75) is 13.0 Å². The Morgan fingerprint density at radius 2 is 1.63 bits per heavy atom. The van der Waals surface area contributed by atoms with Crippen LogP contribution in [0.5, 0.6) is 5.75 Å². The van der Waals surface area contributed by atoms with Crippen molar-refractivity contribution in [3.8, 4) is 5.75 Å². The highest BCUT2D eigenvalue weighted by Gasteiger charge is 2.12. The van der Waals surface area contributed by atoms with Crippen molar-refractivity contribution < 1.29 is 18.7 Å². The first-order chi connectivity index (χ1) is 13.1. The molecular weight excluding hydrogens is 345 g/mol. The number of rotatable bonds is 6. The Morgan fingerprint density at radius 3 is 2.41 bits per heavy atom. The van der Waals surface area contributed by atoms with E-state index < -0.39 is 11.8 Å². The fourth-order valence-corrected chi connectivity index (χ4v) is 2.55. The topological polar surface area (TPSA) is 55.4 Å². The predicted octanol–water partition coefficient (Wildman–Crippen LogP) is 3.90. The summed E-state index contributed by atoms with van der Waals surface area (Å²) in [7, 11) is 0. The molecule has 0 fully saturated rings. The van der Waals surface area contributed by atoms with Crippen molar-refractivity contribution in [1.29, 1.82) is 0 Å². The van der Waals surface area contributed by atoms with E-state index in [0.717, 1.165) is 5.56 Å². The average Bonchev–Trinajstić information content (AvgIpc) is 2.69. The van der Waals surface area contributed by atoms with Gasteiger partial charge < -0.3 is 10.1 Å². The van der Waals surface area contributed by atoms with Gasteiger partial charge in [-0.2, -0.15) is 0 Å². The summed E-state index contributed by atoms with van der Waals surface area (Å²) in [6.07, 6.45) is -0.183. The van der Waals surface area contributed by atoms with Gasteiger partial charge >= 0.3 is 5.97 Å². The molecule has 4 nitrogen and oxygen atoms in total. The molecule has 3 rings (SSSR count). The Labute approximate surface area is 156 Å². The van der Waals surface area contributed by atoms with E-state index in [1.807, 2.05) is 30.3 Å². The van der Waals surface area contributed by atoms with Gasteiger partial charge in [0.25, 0.3) is 5.91 Å². The number of halogens is 1. The maximum atomic E-state index is 13.6. The van der Waals surface area contributed by atoms with Gasteiger partial charge in [0.15, 0.2) is 0 Å². The lowest BCUT2D eigenvalue weighted by Crippen LogP contribution is -2.22. The van der Waals surface area contributed by atoms with E-state index in [1.54, 1.807) is 30.3 Å². The summed E-state index contributed by atoms with van der Waals surface area (Å²) < 4.78 is 18.9. The molecule has 1 N–H and O–H groups in total. The van der Waals surface area contributed by atoms with Crippen LogP contribution in [0.4, 0.5) is 4.39 Å². The molecule has 5 heteroatoms. The second kappa shape index (κ2) is 8.76. The molecule has 3 aromatic carbocycles. The standard InChI is InChI=1S/C22H18FNO3/c23-20-12-5-4-9-17(20)14-21(25)27-19-11-6-10-18(13-19)22(26)24-15-16-7-2-1-3-8-16/h1-13H,14-15H2,(H,24,26). The average molecular weight is 363 g/mol. The largest absolute Gasteiger partial charge is 0.426 e. The SMILES string of the molecule is O=C(Cc1ccccc1F)Oc1cccc(C(=O)NCc2ccccc2)c1. The molecule has 0 bridgehead atoms. The Bertz CT molecular complexity index is 941. The van der Waals surface area contributed by atoms with Gasteiger partial charge in [0, 0.05) is 12.1 Å².